The molecule has 2 N–H and O–H groups in total. The molecule has 170 valence electrons. The highest BCUT2D eigenvalue weighted by Gasteiger charge is 2.23. The van der Waals surface area contributed by atoms with Gasteiger partial charge in [0.2, 0.25) is 10.0 Å². The van der Waals surface area contributed by atoms with Gasteiger partial charge in [0.05, 0.1) is 29.3 Å². The monoisotopic (exact) mass is 458 g/mol. The van der Waals surface area contributed by atoms with E-state index in [1.807, 2.05) is 10.8 Å². The minimum atomic E-state index is -3.79. The van der Waals surface area contributed by atoms with Gasteiger partial charge in [-0.15, -0.1) is 0 Å². The Kier molecular flexibility index (Phi) is 6.43. The van der Waals surface area contributed by atoms with Crippen molar-refractivity contribution in [3.05, 3.63) is 71.8 Å². The van der Waals surface area contributed by atoms with Gasteiger partial charge in [0, 0.05) is 37.0 Å². The zero-order valence-corrected chi connectivity index (χ0v) is 18.9. The zero-order valence-electron chi connectivity index (χ0n) is 18.1. The third-order valence-electron chi connectivity index (χ3n) is 5.45. The molecule has 1 aliphatic heterocycles. The Hall–Kier alpha value is -2.59. The molecular formula is C23H27FN4O3S. The van der Waals surface area contributed by atoms with E-state index in [1.54, 1.807) is 30.3 Å². The minimum Gasteiger partial charge on any atom is -0.373 e. The number of nitrogens with two attached hydrogens (primary N) is 1. The first-order chi connectivity index (χ1) is 15.2. The molecule has 2 heterocycles. The molecule has 32 heavy (non-hydrogen) atoms. The third kappa shape index (κ3) is 5.24. The highest BCUT2D eigenvalue weighted by molar-refractivity contribution is 7.89. The van der Waals surface area contributed by atoms with E-state index in [0.717, 1.165) is 24.3 Å². The molecule has 1 aliphatic rings. The van der Waals surface area contributed by atoms with E-state index in [2.05, 4.69) is 18.7 Å². The molecule has 0 spiro atoms. The number of imidazole rings is 1. The van der Waals surface area contributed by atoms with E-state index in [-0.39, 0.29) is 22.9 Å². The Balaban J connectivity index is 1.67. The van der Waals surface area contributed by atoms with Gasteiger partial charge in [0.1, 0.15) is 11.6 Å². The average Bonchev–Trinajstić information content (AvgIpc) is 3.10. The molecule has 1 aromatic heterocycles. The van der Waals surface area contributed by atoms with Gasteiger partial charge in [-0.2, -0.15) is 0 Å². The van der Waals surface area contributed by atoms with Gasteiger partial charge in [-0.1, -0.05) is 18.2 Å². The molecule has 4 rings (SSSR count). The van der Waals surface area contributed by atoms with Crippen LogP contribution in [0.25, 0.3) is 11.4 Å². The lowest BCUT2D eigenvalue weighted by Crippen LogP contribution is -2.44. The number of primary sulfonamides is 1. The van der Waals surface area contributed by atoms with Crippen LogP contribution in [0.4, 0.5) is 4.39 Å². The SMILES string of the molecule is CC1CN(Cc2cn(Cc3ccccc3F)c(-c3ccc(S(N)(=O)=O)cc3)n2)CC(C)O1. The van der Waals surface area contributed by atoms with E-state index in [0.29, 0.717) is 24.5 Å². The molecule has 1 saturated heterocycles. The highest BCUT2D eigenvalue weighted by Crippen LogP contribution is 2.24. The summed E-state index contributed by atoms with van der Waals surface area (Å²) in [6.45, 7) is 6.67. The van der Waals surface area contributed by atoms with E-state index >= 15 is 0 Å². The standard InChI is InChI=1S/C23H27FN4O3S/c1-16-11-27(12-17(2)31-16)14-20-15-28(13-19-5-3-4-6-22(19)24)23(26-20)18-7-9-21(10-8-18)32(25,29)30/h3-10,15-17H,11-14H2,1-2H3,(H2,25,29,30). The van der Waals surface area contributed by atoms with Crippen molar-refractivity contribution in [3.8, 4) is 11.4 Å². The summed E-state index contributed by atoms with van der Waals surface area (Å²) in [6.07, 6.45) is 2.22. The molecule has 2 unspecified atom stereocenters. The van der Waals surface area contributed by atoms with Crippen LogP contribution in [0.1, 0.15) is 25.1 Å². The number of ether oxygens (including phenoxy) is 1. The normalized spacial score (nSPS) is 19.9. The summed E-state index contributed by atoms with van der Waals surface area (Å²) in [7, 11) is -3.79. The van der Waals surface area contributed by atoms with Gasteiger partial charge in [0.25, 0.3) is 0 Å². The van der Waals surface area contributed by atoms with Crippen LogP contribution in [-0.2, 0) is 27.8 Å². The largest absolute Gasteiger partial charge is 0.373 e. The first kappa shape index (κ1) is 22.6. The maximum atomic E-state index is 14.3. The maximum absolute atomic E-state index is 14.3. The smallest absolute Gasteiger partial charge is 0.238 e. The number of nitrogens with zero attached hydrogens (tertiary/aromatic N) is 3. The third-order valence-corrected chi connectivity index (χ3v) is 6.38. The number of halogens is 1. The second-order valence-electron chi connectivity index (χ2n) is 8.30. The number of hydrogen-bond donors (Lipinski definition) is 1. The van der Waals surface area contributed by atoms with E-state index in [9.17, 15) is 12.8 Å². The average molecular weight is 459 g/mol. The maximum Gasteiger partial charge on any atom is 0.238 e. The number of aromatic nitrogens is 2. The lowest BCUT2D eigenvalue weighted by atomic mass is 10.2. The van der Waals surface area contributed by atoms with Gasteiger partial charge >= 0.3 is 0 Å². The van der Waals surface area contributed by atoms with Gasteiger partial charge in [-0.25, -0.2) is 22.9 Å². The van der Waals surface area contributed by atoms with E-state index < -0.39 is 10.0 Å². The van der Waals surface area contributed by atoms with Crippen molar-refractivity contribution in [2.75, 3.05) is 13.1 Å². The van der Waals surface area contributed by atoms with Crippen LogP contribution in [0, 0.1) is 5.82 Å². The fourth-order valence-electron chi connectivity index (χ4n) is 4.14. The summed E-state index contributed by atoms with van der Waals surface area (Å²) < 4.78 is 45.2. The molecule has 3 aromatic rings. The Morgan fingerprint density at radius 3 is 2.34 bits per heavy atom. The molecule has 1 fully saturated rings. The summed E-state index contributed by atoms with van der Waals surface area (Å²) in [5.74, 6) is 0.354. The summed E-state index contributed by atoms with van der Waals surface area (Å²) in [5.41, 5.74) is 2.13. The Labute approximate surface area is 187 Å². The fraction of sp³-hybridized carbons (Fsp3) is 0.348. The van der Waals surface area contributed by atoms with Crippen molar-refractivity contribution in [2.24, 2.45) is 5.14 Å². The van der Waals surface area contributed by atoms with Gasteiger partial charge < -0.3 is 9.30 Å². The van der Waals surface area contributed by atoms with Crippen LogP contribution < -0.4 is 5.14 Å². The molecule has 2 aromatic carbocycles. The van der Waals surface area contributed by atoms with Crippen LogP contribution in [0.5, 0.6) is 0 Å². The van der Waals surface area contributed by atoms with Gasteiger partial charge in [-0.3, -0.25) is 4.90 Å². The quantitative estimate of drug-likeness (QED) is 0.613. The second kappa shape index (κ2) is 9.11. The molecule has 0 bridgehead atoms. The zero-order chi connectivity index (χ0) is 22.9. The molecule has 9 heteroatoms. The minimum absolute atomic E-state index is 0.0324. The van der Waals surface area contributed by atoms with Crippen molar-refractivity contribution in [1.29, 1.82) is 0 Å². The van der Waals surface area contributed by atoms with Crippen LogP contribution in [0.15, 0.2) is 59.6 Å². The number of hydrogen-bond acceptors (Lipinski definition) is 5. The molecule has 2 atom stereocenters. The fourth-order valence-corrected chi connectivity index (χ4v) is 4.66. The van der Waals surface area contributed by atoms with Crippen LogP contribution in [-0.4, -0.2) is 48.2 Å². The Morgan fingerprint density at radius 2 is 1.72 bits per heavy atom. The van der Waals surface area contributed by atoms with Crippen molar-refractivity contribution in [2.45, 2.75) is 44.0 Å². The summed E-state index contributed by atoms with van der Waals surface area (Å²) in [6, 6.07) is 12.9. The number of rotatable bonds is 6. The lowest BCUT2D eigenvalue weighted by Gasteiger charge is -2.34. The molecule has 7 nitrogen and oxygen atoms in total. The van der Waals surface area contributed by atoms with Crippen LogP contribution in [0.2, 0.25) is 0 Å². The van der Waals surface area contributed by atoms with Crippen LogP contribution >= 0.6 is 0 Å². The molecule has 0 aliphatic carbocycles. The van der Waals surface area contributed by atoms with Crippen molar-refractivity contribution < 1.29 is 17.5 Å². The molecule has 0 saturated carbocycles. The second-order valence-corrected chi connectivity index (χ2v) is 9.86. The lowest BCUT2D eigenvalue weighted by molar-refractivity contribution is -0.0707. The summed E-state index contributed by atoms with van der Waals surface area (Å²) in [5, 5.41) is 5.22. The summed E-state index contributed by atoms with van der Waals surface area (Å²) >= 11 is 0. The van der Waals surface area contributed by atoms with Crippen molar-refractivity contribution >= 4 is 10.0 Å². The number of morpholine rings is 1. The van der Waals surface area contributed by atoms with Crippen molar-refractivity contribution in [1.82, 2.24) is 14.5 Å². The van der Waals surface area contributed by atoms with Gasteiger partial charge in [0.15, 0.2) is 0 Å². The van der Waals surface area contributed by atoms with E-state index in [4.69, 9.17) is 14.9 Å². The molecular weight excluding hydrogens is 431 g/mol. The predicted molar refractivity (Wildman–Crippen MR) is 120 cm³/mol. The first-order valence-corrected chi connectivity index (χ1v) is 12.0. The highest BCUT2D eigenvalue weighted by atomic mass is 32.2. The van der Waals surface area contributed by atoms with Crippen LogP contribution in [0.3, 0.4) is 0 Å². The number of sulfonamides is 1. The Morgan fingerprint density at radius 1 is 1.06 bits per heavy atom. The topological polar surface area (TPSA) is 90.5 Å². The molecule has 0 radical (unpaired) electrons. The first-order valence-electron chi connectivity index (χ1n) is 10.5. The Bertz CT molecular complexity index is 1180. The predicted octanol–water partition coefficient (Wildman–Crippen LogP) is 2.99. The molecule has 0 amide bonds. The van der Waals surface area contributed by atoms with E-state index in [1.165, 1.54) is 18.2 Å². The van der Waals surface area contributed by atoms with Gasteiger partial charge in [-0.05, 0) is 44.2 Å². The number of benzene rings is 2. The van der Waals surface area contributed by atoms with Crippen molar-refractivity contribution in [3.63, 3.8) is 0 Å². The summed E-state index contributed by atoms with van der Waals surface area (Å²) in [4.78, 5) is 7.15.